The molecule has 2 rings (SSSR count). The fraction of sp³-hybridized carbons (Fsp3) is 0.200. The van der Waals surface area contributed by atoms with Gasteiger partial charge in [-0.1, -0.05) is 29.8 Å². The molecular formula is C10H9ClN2. The summed E-state index contributed by atoms with van der Waals surface area (Å²) in [5, 5.41) is 9.78. The van der Waals surface area contributed by atoms with Gasteiger partial charge in [0.15, 0.2) is 0 Å². The van der Waals surface area contributed by atoms with Crippen molar-refractivity contribution in [2.45, 2.75) is 13.8 Å². The first-order chi connectivity index (χ1) is 6.20. The van der Waals surface area contributed by atoms with Crippen molar-refractivity contribution in [3.8, 4) is 0 Å². The van der Waals surface area contributed by atoms with Crippen LogP contribution in [0.4, 0.5) is 0 Å². The van der Waals surface area contributed by atoms with Crippen LogP contribution in [0.15, 0.2) is 18.2 Å². The van der Waals surface area contributed by atoms with Gasteiger partial charge in [-0.2, -0.15) is 5.10 Å². The fourth-order valence-electron chi connectivity index (χ4n) is 1.33. The van der Waals surface area contributed by atoms with Crippen LogP contribution in [0.5, 0.6) is 0 Å². The van der Waals surface area contributed by atoms with E-state index in [0.717, 1.165) is 22.2 Å². The molecule has 0 spiro atoms. The Bertz CT molecular complexity index is 466. The lowest BCUT2D eigenvalue weighted by atomic mass is 10.1. The third-order valence-corrected chi connectivity index (χ3v) is 2.57. The molecule has 2 nitrogen and oxygen atoms in total. The van der Waals surface area contributed by atoms with E-state index >= 15 is 0 Å². The van der Waals surface area contributed by atoms with Crippen molar-refractivity contribution in [1.29, 1.82) is 0 Å². The molecule has 2 aromatic rings. The zero-order valence-corrected chi connectivity index (χ0v) is 8.26. The number of aromatic nitrogens is 2. The van der Waals surface area contributed by atoms with Gasteiger partial charge in [-0.15, -0.1) is 5.10 Å². The molecular weight excluding hydrogens is 184 g/mol. The third kappa shape index (κ3) is 1.27. The van der Waals surface area contributed by atoms with E-state index in [1.165, 1.54) is 0 Å². The smallest absolute Gasteiger partial charge is 0.0973 e. The monoisotopic (exact) mass is 192 g/mol. The molecule has 1 aromatic heterocycles. The Morgan fingerprint density at radius 3 is 2.69 bits per heavy atom. The highest BCUT2D eigenvalue weighted by Crippen LogP contribution is 2.24. The standard InChI is InChI=1S/C10H9ClN2/c1-6-4-3-5-8-9(11)7(2)12-13-10(6)8/h3-5H,1-2H3. The largest absolute Gasteiger partial charge is 0.154 e. The Labute approximate surface area is 81.6 Å². The van der Waals surface area contributed by atoms with Gasteiger partial charge in [-0.25, -0.2) is 0 Å². The van der Waals surface area contributed by atoms with Crippen LogP contribution in [0.2, 0.25) is 5.02 Å². The van der Waals surface area contributed by atoms with Crippen LogP contribution in [-0.2, 0) is 0 Å². The second-order valence-electron chi connectivity index (χ2n) is 3.07. The minimum Gasteiger partial charge on any atom is -0.154 e. The summed E-state index contributed by atoms with van der Waals surface area (Å²) in [7, 11) is 0. The zero-order valence-electron chi connectivity index (χ0n) is 7.50. The number of aryl methyl sites for hydroxylation is 2. The van der Waals surface area contributed by atoms with Gasteiger partial charge in [0, 0.05) is 5.39 Å². The van der Waals surface area contributed by atoms with E-state index in [2.05, 4.69) is 10.2 Å². The number of benzene rings is 1. The summed E-state index contributed by atoms with van der Waals surface area (Å²) >= 11 is 6.10. The van der Waals surface area contributed by atoms with Crippen LogP contribution in [0.1, 0.15) is 11.3 Å². The van der Waals surface area contributed by atoms with Crippen LogP contribution < -0.4 is 0 Å². The highest BCUT2D eigenvalue weighted by Gasteiger charge is 2.05. The number of hydrogen-bond acceptors (Lipinski definition) is 2. The molecule has 0 N–H and O–H groups in total. The summed E-state index contributed by atoms with van der Waals surface area (Å²) in [6, 6.07) is 5.94. The van der Waals surface area contributed by atoms with Crippen molar-refractivity contribution in [2.75, 3.05) is 0 Å². The minimum atomic E-state index is 0.703. The molecule has 0 unspecified atom stereocenters. The van der Waals surface area contributed by atoms with Gasteiger partial charge in [-0.05, 0) is 19.4 Å². The van der Waals surface area contributed by atoms with Crippen LogP contribution in [0.25, 0.3) is 10.9 Å². The number of rotatable bonds is 0. The summed E-state index contributed by atoms with van der Waals surface area (Å²) in [5.74, 6) is 0. The summed E-state index contributed by atoms with van der Waals surface area (Å²) in [4.78, 5) is 0. The average Bonchev–Trinajstić information content (AvgIpc) is 2.12. The Morgan fingerprint density at radius 2 is 1.92 bits per heavy atom. The third-order valence-electron chi connectivity index (χ3n) is 2.09. The Kier molecular flexibility index (Phi) is 1.93. The highest BCUT2D eigenvalue weighted by atomic mass is 35.5. The molecule has 0 saturated carbocycles. The van der Waals surface area contributed by atoms with Gasteiger partial charge in [0.1, 0.15) is 0 Å². The Balaban J connectivity index is 2.94. The lowest BCUT2D eigenvalue weighted by Crippen LogP contribution is -1.91. The van der Waals surface area contributed by atoms with Gasteiger partial charge in [0.05, 0.1) is 16.2 Å². The lowest BCUT2D eigenvalue weighted by Gasteiger charge is -2.03. The molecule has 66 valence electrons. The molecule has 1 aromatic carbocycles. The quantitative estimate of drug-likeness (QED) is 0.642. The van der Waals surface area contributed by atoms with Crippen LogP contribution in [0, 0.1) is 13.8 Å². The molecule has 1 heterocycles. The van der Waals surface area contributed by atoms with Gasteiger partial charge < -0.3 is 0 Å². The van der Waals surface area contributed by atoms with Gasteiger partial charge in [-0.3, -0.25) is 0 Å². The van der Waals surface area contributed by atoms with Gasteiger partial charge in [0.2, 0.25) is 0 Å². The first-order valence-electron chi connectivity index (χ1n) is 4.08. The first-order valence-corrected chi connectivity index (χ1v) is 4.46. The molecule has 3 heteroatoms. The number of fused-ring (bicyclic) bond motifs is 1. The van der Waals surface area contributed by atoms with E-state index in [0.29, 0.717) is 5.02 Å². The predicted octanol–water partition coefficient (Wildman–Crippen LogP) is 2.90. The van der Waals surface area contributed by atoms with Crippen molar-refractivity contribution in [3.05, 3.63) is 34.5 Å². The van der Waals surface area contributed by atoms with Crippen LogP contribution in [0.3, 0.4) is 0 Å². The van der Waals surface area contributed by atoms with Gasteiger partial charge >= 0.3 is 0 Å². The van der Waals surface area contributed by atoms with Crippen molar-refractivity contribution in [2.24, 2.45) is 0 Å². The maximum atomic E-state index is 6.10. The Morgan fingerprint density at radius 1 is 1.15 bits per heavy atom. The van der Waals surface area contributed by atoms with Crippen molar-refractivity contribution >= 4 is 22.5 Å². The number of hydrogen-bond donors (Lipinski definition) is 0. The molecule has 0 aliphatic carbocycles. The normalized spacial score (nSPS) is 10.7. The maximum absolute atomic E-state index is 6.10. The molecule has 0 fully saturated rings. The van der Waals surface area contributed by atoms with Crippen LogP contribution >= 0.6 is 11.6 Å². The highest BCUT2D eigenvalue weighted by molar-refractivity contribution is 6.35. The number of halogens is 1. The molecule has 0 bridgehead atoms. The molecule has 0 amide bonds. The minimum absolute atomic E-state index is 0.703. The topological polar surface area (TPSA) is 25.8 Å². The second kappa shape index (κ2) is 2.96. The van der Waals surface area contributed by atoms with Crippen molar-refractivity contribution in [3.63, 3.8) is 0 Å². The van der Waals surface area contributed by atoms with E-state index in [9.17, 15) is 0 Å². The van der Waals surface area contributed by atoms with Crippen molar-refractivity contribution in [1.82, 2.24) is 10.2 Å². The molecule has 0 aliphatic rings. The number of nitrogens with zero attached hydrogens (tertiary/aromatic N) is 2. The second-order valence-corrected chi connectivity index (χ2v) is 3.45. The van der Waals surface area contributed by atoms with E-state index < -0.39 is 0 Å². The molecule has 0 saturated heterocycles. The first kappa shape index (κ1) is 8.45. The molecule has 0 radical (unpaired) electrons. The van der Waals surface area contributed by atoms with E-state index in [-0.39, 0.29) is 0 Å². The fourth-order valence-corrected chi connectivity index (χ4v) is 1.52. The molecule has 13 heavy (non-hydrogen) atoms. The van der Waals surface area contributed by atoms with E-state index in [4.69, 9.17) is 11.6 Å². The summed E-state index contributed by atoms with van der Waals surface area (Å²) < 4.78 is 0. The summed E-state index contributed by atoms with van der Waals surface area (Å²) in [6.07, 6.45) is 0. The maximum Gasteiger partial charge on any atom is 0.0973 e. The summed E-state index contributed by atoms with van der Waals surface area (Å²) in [5.41, 5.74) is 2.77. The van der Waals surface area contributed by atoms with E-state index in [1.54, 1.807) is 0 Å². The SMILES string of the molecule is Cc1nnc2c(C)cccc2c1Cl. The molecule has 0 atom stereocenters. The summed E-state index contributed by atoms with van der Waals surface area (Å²) in [6.45, 7) is 3.86. The Hall–Kier alpha value is -1.15. The van der Waals surface area contributed by atoms with E-state index in [1.807, 2.05) is 32.0 Å². The average molecular weight is 193 g/mol. The predicted molar refractivity (Wildman–Crippen MR) is 54.0 cm³/mol. The van der Waals surface area contributed by atoms with Gasteiger partial charge in [0.25, 0.3) is 0 Å². The van der Waals surface area contributed by atoms with Crippen LogP contribution in [-0.4, -0.2) is 10.2 Å². The lowest BCUT2D eigenvalue weighted by molar-refractivity contribution is 1.01. The molecule has 0 aliphatic heterocycles. The van der Waals surface area contributed by atoms with Crippen molar-refractivity contribution < 1.29 is 0 Å². The zero-order chi connectivity index (χ0) is 9.42.